The fourth-order valence-corrected chi connectivity index (χ4v) is 2.24. The zero-order chi connectivity index (χ0) is 14.3. The lowest BCUT2D eigenvalue weighted by Crippen LogP contribution is -2.34. The number of hydrogen-bond acceptors (Lipinski definition) is 4. The number of rotatable bonds is 8. The molecule has 1 atom stereocenters. The Morgan fingerprint density at radius 3 is 2.68 bits per heavy atom. The van der Waals surface area contributed by atoms with E-state index in [0.29, 0.717) is 6.54 Å². The van der Waals surface area contributed by atoms with E-state index >= 15 is 0 Å². The van der Waals surface area contributed by atoms with Crippen molar-refractivity contribution in [1.29, 1.82) is 0 Å². The van der Waals surface area contributed by atoms with Crippen molar-refractivity contribution >= 4 is 5.69 Å². The summed E-state index contributed by atoms with van der Waals surface area (Å²) in [6.07, 6.45) is 2.24. The van der Waals surface area contributed by atoms with Crippen LogP contribution in [-0.4, -0.2) is 29.5 Å². The number of unbranched alkanes of at least 4 members (excludes halogenated alkanes) is 1. The van der Waals surface area contributed by atoms with Crippen LogP contribution in [0.1, 0.15) is 38.3 Å². The third-order valence-electron chi connectivity index (χ3n) is 3.33. The zero-order valence-corrected chi connectivity index (χ0v) is 11.7. The zero-order valence-electron chi connectivity index (χ0n) is 11.7. The summed E-state index contributed by atoms with van der Waals surface area (Å²) < 4.78 is 0. The fraction of sp³-hybridized carbons (Fsp3) is 0.571. The molecule has 0 saturated carbocycles. The van der Waals surface area contributed by atoms with Crippen LogP contribution in [0.15, 0.2) is 24.3 Å². The van der Waals surface area contributed by atoms with Crippen LogP contribution in [0.25, 0.3) is 0 Å². The Morgan fingerprint density at radius 2 is 2.16 bits per heavy atom. The van der Waals surface area contributed by atoms with Crippen LogP contribution in [0.4, 0.5) is 5.69 Å². The number of hydrogen-bond donors (Lipinski definition) is 1. The number of nitro groups is 1. The highest BCUT2D eigenvalue weighted by atomic mass is 16.6. The lowest BCUT2D eigenvalue weighted by Gasteiger charge is -2.30. The topological polar surface area (TPSA) is 72.4 Å². The standard InChI is InChI=1S/C14H23N3O2/c1-3-5-9-16(4-2)14(11-15)12-7-6-8-13(10-12)17(18)19/h6-8,10,14H,3-5,9,11,15H2,1-2H3. The van der Waals surface area contributed by atoms with E-state index in [9.17, 15) is 10.1 Å². The minimum absolute atomic E-state index is 0.0523. The van der Waals surface area contributed by atoms with Crippen LogP contribution in [0, 0.1) is 10.1 Å². The van der Waals surface area contributed by atoms with E-state index in [0.717, 1.165) is 31.5 Å². The highest BCUT2D eigenvalue weighted by molar-refractivity contribution is 5.36. The maximum absolute atomic E-state index is 10.8. The van der Waals surface area contributed by atoms with E-state index in [-0.39, 0.29) is 16.7 Å². The molecule has 106 valence electrons. The summed E-state index contributed by atoms with van der Waals surface area (Å²) in [6.45, 7) is 6.58. The molecule has 1 rings (SSSR count). The van der Waals surface area contributed by atoms with E-state index in [1.54, 1.807) is 12.1 Å². The van der Waals surface area contributed by atoms with Crippen molar-refractivity contribution in [3.63, 3.8) is 0 Å². The molecule has 1 aromatic carbocycles. The summed E-state index contributed by atoms with van der Waals surface area (Å²) in [6, 6.07) is 6.84. The molecule has 0 aliphatic heterocycles. The van der Waals surface area contributed by atoms with Gasteiger partial charge in [-0.3, -0.25) is 15.0 Å². The van der Waals surface area contributed by atoms with Crippen molar-refractivity contribution in [2.75, 3.05) is 19.6 Å². The molecule has 0 spiro atoms. The molecule has 0 radical (unpaired) electrons. The van der Waals surface area contributed by atoms with Gasteiger partial charge in [-0.2, -0.15) is 0 Å². The predicted octanol–water partition coefficient (Wildman–Crippen LogP) is 2.72. The molecule has 0 bridgehead atoms. The van der Waals surface area contributed by atoms with Gasteiger partial charge in [0.25, 0.3) is 5.69 Å². The van der Waals surface area contributed by atoms with Crippen molar-refractivity contribution in [2.24, 2.45) is 5.73 Å². The third kappa shape index (κ3) is 4.29. The normalized spacial score (nSPS) is 12.6. The summed E-state index contributed by atoms with van der Waals surface area (Å²) in [7, 11) is 0. The van der Waals surface area contributed by atoms with Gasteiger partial charge in [0.2, 0.25) is 0 Å². The Kier molecular flexibility index (Phi) is 6.45. The first kappa shape index (κ1) is 15.6. The second-order valence-electron chi connectivity index (χ2n) is 4.59. The quantitative estimate of drug-likeness (QED) is 0.579. The van der Waals surface area contributed by atoms with Crippen LogP contribution in [-0.2, 0) is 0 Å². The Bertz CT molecular complexity index is 409. The number of non-ortho nitro benzene ring substituents is 1. The lowest BCUT2D eigenvalue weighted by molar-refractivity contribution is -0.384. The highest BCUT2D eigenvalue weighted by Crippen LogP contribution is 2.23. The summed E-state index contributed by atoms with van der Waals surface area (Å²) in [4.78, 5) is 12.8. The van der Waals surface area contributed by atoms with Gasteiger partial charge in [0.05, 0.1) is 4.92 Å². The Balaban J connectivity index is 2.94. The Hall–Kier alpha value is -1.46. The minimum atomic E-state index is -0.362. The monoisotopic (exact) mass is 265 g/mol. The van der Waals surface area contributed by atoms with Gasteiger partial charge < -0.3 is 5.73 Å². The van der Waals surface area contributed by atoms with Crippen LogP contribution in [0.3, 0.4) is 0 Å². The highest BCUT2D eigenvalue weighted by Gasteiger charge is 2.19. The smallest absolute Gasteiger partial charge is 0.269 e. The van der Waals surface area contributed by atoms with Crippen LogP contribution < -0.4 is 5.73 Å². The second-order valence-corrected chi connectivity index (χ2v) is 4.59. The number of nitrogens with two attached hydrogens (primary N) is 1. The van der Waals surface area contributed by atoms with Gasteiger partial charge in [-0.25, -0.2) is 0 Å². The molecule has 1 unspecified atom stereocenters. The molecule has 0 amide bonds. The molecule has 0 saturated heterocycles. The van der Waals surface area contributed by atoms with Crippen LogP contribution >= 0.6 is 0 Å². The third-order valence-corrected chi connectivity index (χ3v) is 3.33. The van der Waals surface area contributed by atoms with E-state index < -0.39 is 0 Å². The Labute approximate surface area is 114 Å². The maximum atomic E-state index is 10.8. The molecule has 5 heteroatoms. The van der Waals surface area contributed by atoms with Gasteiger partial charge in [-0.15, -0.1) is 0 Å². The Morgan fingerprint density at radius 1 is 1.42 bits per heavy atom. The fourth-order valence-electron chi connectivity index (χ4n) is 2.24. The molecule has 2 N–H and O–H groups in total. The maximum Gasteiger partial charge on any atom is 0.269 e. The molecule has 0 aromatic heterocycles. The molecule has 0 aliphatic carbocycles. The average Bonchev–Trinajstić information content (AvgIpc) is 2.43. The van der Waals surface area contributed by atoms with E-state index in [4.69, 9.17) is 5.73 Å². The minimum Gasteiger partial charge on any atom is -0.329 e. The number of likely N-dealkylation sites (N-methyl/N-ethyl adjacent to an activating group) is 1. The van der Waals surface area contributed by atoms with Crippen molar-refractivity contribution in [3.8, 4) is 0 Å². The summed E-state index contributed by atoms with van der Waals surface area (Å²) in [5.74, 6) is 0. The first-order valence-electron chi connectivity index (χ1n) is 6.82. The molecular weight excluding hydrogens is 242 g/mol. The number of nitro benzene ring substituents is 1. The number of benzene rings is 1. The first-order chi connectivity index (χ1) is 9.13. The van der Waals surface area contributed by atoms with Gasteiger partial charge in [0, 0.05) is 24.7 Å². The van der Waals surface area contributed by atoms with Crippen molar-refractivity contribution in [1.82, 2.24) is 4.90 Å². The van der Waals surface area contributed by atoms with Gasteiger partial charge in [-0.1, -0.05) is 32.4 Å². The summed E-state index contributed by atoms with van der Waals surface area (Å²) in [5.41, 5.74) is 6.92. The van der Waals surface area contributed by atoms with Gasteiger partial charge >= 0.3 is 0 Å². The summed E-state index contributed by atoms with van der Waals surface area (Å²) in [5, 5.41) is 10.8. The predicted molar refractivity (Wildman–Crippen MR) is 77.0 cm³/mol. The molecular formula is C14H23N3O2. The van der Waals surface area contributed by atoms with Gasteiger partial charge in [-0.05, 0) is 25.1 Å². The second kappa shape index (κ2) is 7.86. The molecule has 5 nitrogen and oxygen atoms in total. The van der Waals surface area contributed by atoms with E-state index in [2.05, 4.69) is 18.7 Å². The van der Waals surface area contributed by atoms with E-state index in [1.807, 2.05) is 6.07 Å². The lowest BCUT2D eigenvalue weighted by atomic mass is 10.0. The molecule has 0 heterocycles. The van der Waals surface area contributed by atoms with Crippen LogP contribution in [0.2, 0.25) is 0 Å². The SMILES string of the molecule is CCCCN(CC)C(CN)c1cccc([N+](=O)[O-])c1. The average molecular weight is 265 g/mol. The van der Waals surface area contributed by atoms with Crippen LogP contribution in [0.5, 0.6) is 0 Å². The molecule has 19 heavy (non-hydrogen) atoms. The molecule has 0 fully saturated rings. The van der Waals surface area contributed by atoms with Crippen molar-refractivity contribution in [3.05, 3.63) is 39.9 Å². The summed E-state index contributed by atoms with van der Waals surface area (Å²) >= 11 is 0. The van der Waals surface area contributed by atoms with Gasteiger partial charge in [0.1, 0.15) is 0 Å². The van der Waals surface area contributed by atoms with E-state index in [1.165, 1.54) is 6.07 Å². The van der Waals surface area contributed by atoms with Gasteiger partial charge in [0.15, 0.2) is 0 Å². The number of nitrogens with zero attached hydrogens (tertiary/aromatic N) is 2. The van der Waals surface area contributed by atoms with Crippen molar-refractivity contribution in [2.45, 2.75) is 32.7 Å². The largest absolute Gasteiger partial charge is 0.329 e. The molecule has 0 aliphatic rings. The molecule has 1 aromatic rings. The van der Waals surface area contributed by atoms with Crippen molar-refractivity contribution < 1.29 is 4.92 Å². The first-order valence-corrected chi connectivity index (χ1v) is 6.82.